The van der Waals surface area contributed by atoms with Gasteiger partial charge in [-0.2, -0.15) is 0 Å². The number of imide groups is 1. The van der Waals surface area contributed by atoms with Crippen LogP contribution in [0, 0.1) is 0 Å². The van der Waals surface area contributed by atoms with Gasteiger partial charge < -0.3 is 76.0 Å². The van der Waals surface area contributed by atoms with Gasteiger partial charge in [-0.3, -0.25) is 14.5 Å². The molecule has 4 aliphatic rings. The van der Waals surface area contributed by atoms with Gasteiger partial charge in [0.05, 0.1) is 38.3 Å². The zero-order valence-corrected chi connectivity index (χ0v) is 21.7. The fraction of sp³-hybridized carbons (Fsp3) is 0.826. The van der Waals surface area contributed by atoms with Crippen molar-refractivity contribution in [2.75, 3.05) is 19.8 Å². The summed E-state index contributed by atoms with van der Waals surface area (Å²) in [7, 11) is 0. The van der Waals surface area contributed by atoms with E-state index in [0.717, 1.165) is 0 Å². The second-order valence-electron chi connectivity index (χ2n) is 10.4. The molecule has 4 heterocycles. The Morgan fingerprint density at radius 1 is 0.756 bits per heavy atom. The molecule has 234 valence electrons. The highest BCUT2D eigenvalue weighted by Gasteiger charge is 2.57. The molecular weight excluding hydrogens is 558 g/mol. The minimum atomic E-state index is -1.90. The predicted octanol–water partition coefficient (Wildman–Crippen LogP) is -7.32. The summed E-state index contributed by atoms with van der Waals surface area (Å²) < 4.78 is 28.1. The Morgan fingerprint density at radius 2 is 1.29 bits per heavy atom. The van der Waals surface area contributed by atoms with Crippen molar-refractivity contribution in [1.82, 2.24) is 4.90 Å². The first-order chi connectivity index (χ1) is 19.4. The summed E-state index contributed by atoms with van der Waals surface area (Å²) in [5, 5.41) is 81.9. The Balaban J connectivity index is 1.66. The molecule has 0 bridgehead atoms. The Bertz CT molecular complexity index is 971. The Labute approximate surface area is 233 Å². The Hall–Kier alpha value is -1.72. The van der Waals surface area contributed by atoms with Crippen molar-refractivity contribution < 1.29 is 74.1 Å². The van der Waals surface area contributed by atoms with E-state index in [2.05, 4.69) is 6.58 Å². The van der Waals surface area contributed by atoms with Gasteiger partial charge in [-0.15, -0.1) is 0 Å². The summed E-state index contributed by atoms with van der Waals surface area (Å²) in [4.78, 5) is 26.4. The van der Waals surface area contributed by atoms with Gasteiger partial charge in [0, 0.05) is 5.57 Å². The zero-order valence-electron chi connectivity index (χ0n) is 21.7. The molecule has 18 nitrogen and oxygen atoms in total. The lowest BCUT2D eigenvalue weighted by Crippen LogP contribution is -2.70. The first-order valence-corrected chi connectivity index (χ1v) is 12.9. The summed E-state index contributed by atoms with van der Waals surface area (Å²) in [6, 6.07) is -4.52. The van der Waals surface area contributed by atoms with Crippen LogP contribution in [0.1, 0.15) is 6.42 Å². The summed E-state index contributed by atoms with van der Waals surface area (Å²) in [6.07, 6.45) is -19.4. The summed E-state index contributed by atoms with van der Waals surface area (Å²) in [5.41, 5.74) is 11.6. The molecule has 15 atom stereocenters. The van der Waals surface area contributed by atoms with Gasteiger partial charge in [0.1, 0.15) is 61.0 Å². The molecular formula is C23H37N3O15. The van der Waals surface area contributed by atoms with Crippen LogP contribution < -0.4 is 11.5 Å². The van der Waals surface area contributed by atoms with Crippen molar-refractivity contribution in [3.63, 3.8) is 0 Å². The van der Waals surface area contributed by atoms with E-state index in [-0.39, 0.29) is 5.57 Å². The normalized spacial score (nSPS) is 47.7. The molecule has 4 saturated heterocycles. The Morgan fingerprint density at radius 3 is 1.85 bits per heavy atom. The molecule has 0 radical (unpaired) electrons. The maximum absolute atomic E-state index is 12.9. The van der Waals surface area contributed by atoms with Crippen molar-refractivity contribution in [3.05, 3.63) is 12.2 Å². The fourth-order valence-electron chi connectivity index (χ4n) is 5.34. The highest BCUT2D eigenvalue weighted by atomic mass is 16.7. The third-order valence-corrected chi connectivity index (χ3v) is 7.71. The number of likely N-dealkylation sites (tertiary alicyclic amines) is 1. The number of ether oxygens (including phenoxy) is 5. The van der Waals surface area contributed by atoms with Crippen LogP contribution in [0.15, 0.2) is 12.2 Å². The van der Waals surface area contributed by atoms with Crippen molar-refractivity contribution in [1.29, 1.82) is 0 Å². The minimum absolute atomic E-state index is 0.109. The molecule has 0 aromatic heterocycles. The maximum Gasteiger partial charge on any atom is 0.256 e. The topological polar surface area (TPSA) is 297 Å². The molecule has 12 N–H and O–H groups in total. The van der Waals surface area contributed by atoms with Crippen LogP contribution in [-0.2, 0) is 33.3 Å². The van der Waals surface area contributed by atoms with E-state index in [1.54, 1.807) is 0 Å². The summed E-state index contributed by atoms with van der Waals surface area (Å²) in [5.74, 6) is -1.67. The lowest BCUT2D eigenvalue weighted by atomic mass is 9.93. The van der Waals surface area contributed by atoms with Gasteiger partial charge in [-0.1, -0.05) is 6.58 Å². The SMILES string of the molecule is C=C1CC(=O)N([C@H]2[C@H](OC3[C@@H](CO)O[C@@H](O)[C@H](N)[C@H]3O)O[C@H](CO)C(O[C@@H]3O[C@H](CO)[C@@H](O)[C@H](O)[C@H]3N)[C@@H]2O)C1=O. The predicted molar refractivity (Wildman–Crippen MR) is 129 cm³/mol. The second-order valence-corrected chi connectivity index (χ2v) is 10.4. The number of hydrogen-bond donors (Lipinski definition) is 10. The van der Waals surface area contributed by atoms with Gasteiger partial charge in [0.15, 0.2) is 18.9 Å². The van der Waals surface area contributed by atoms with Gasteiger partial charge in [0.2, 0.25) is 5.91 Å². The van der Waals surface area contributed by atoms with Crippen LogP contribution in [0.2, 0.25) is 0 Å². The number of amides is 2. The van der Waals surface area contributed by atoms with Crippen molar-refractivity contribution in [3.8, 4) is 0 Å². The molecule has 4 fully saturated rings. The maximum atomic E-state index is 12.9. The molecule has 4 aliphatic heterocycles. The monoisotopic (exact) mass is 595 g/mol. The van der Waals surface area contributed by atoms with Crippen LogP contribution in [0.3, 0.4) is 0 Å². The minimum Gasteiger partial charge on any atom is -0.394 e. The van der Waals surface area contributed by atoms with E-state index >= 15 is 0 Å². The first-order valence-electron chi connectivity index (χ1n) is 12.9. The third kappa shape index (κ3) is 5.92. The smallest absolute Gasteiger partial charge is 0.256 e. The fourth-order valence-corrected chi connectivity index (χ4v) is 5.34. The van der Waals surface area contributed by atoms with Crippen LogP contribution in [-0.4, -0.2) is 169 Å². The van der Waals surface area contributed by atoms with E-state index in [0.29, 0.717) is 4.90 Å². The molecule has 18 heteroatoms. The number of carbonyl (C=O) groups excluding carboxylic acids is 2. The van der Waals surface area contributed by atoms with E-state index < -0.39 is 130 Å². The number of carbonyl (C=O) groups is 2. The molecule has 0 aromatic rings. The van der Waals surface area contributed by atoms with Gasteiger partial charge in [0.25, 0.3) is 5.91 Å². The van der Waals surface area contributed by atoms with E-state index in [4.69, 9.17) is 35.2 Å². The van der Waals surface area contributed by atoms with Crippen molar-refractivity contribution >= 4 is 11.8 Å². The molecule has 2 amide bonds. The van der Waals surface area contributed by atoms with Crippen LogP contribution in [0.5, 0.6) is 0 Å². The molecule has 2 unspecified atom stereocenters. The standard InChI is InChI=1S/C23H37N3O15/c1-6-2-10(30)26(20(6)35)13-17(34)19(40-22-12(25)15(32)14(31)7(3-27)38-22)9(5-29)39-23(13)41-18-8(4-28)37-21(36)11(24)16(18)33/h7-9,11-19,21-23,27-29,31-34,36H,1-5,24-25H2/t7-,8-,9-,11-,12-,13-,14-,15-,16-,17-,18?,19?,21-,22+,23+/m1/s1. The third-order valence-electron chi connectivity index (χ3n) is 7.71. The first kappa shape index (κ1) is 32.2. The number of aliphatic hydroxyl groups excluding tert-OH is 8. The Kier molecular flexibility index (Phi) is 10.1. The quantitative estimate of drug-likeness (QED) is 0.0920. The number of aliphatic hydroxyl groups is 8. The summed E-state index contributed by atoms with van der Waals surface area (Å²) in [6.45, 7) is 1.20. The van der Waals surface area contributed by atoms with Crippen molar-refractivity contribution in [2.24, 2.45) is 11.5 Å². The molecule has 4 rings (SSSR count). The van der Waals surface area contributed by atoms with Gasteiger partial charge in [-0.25, -0.2) is 0 Å². The van der Waals surface area contributed by atoms with Gasteiger partial charge in [-0.05, 0) is 0 Å². The van der Waals surface area contributed by atoms with Crippen LogP contribution >= 0.6 is 0 Å². The van der Waals surface area contributed by atoms with Crippen molar-refractivity contribution in [2.45, 2.75) is 98.4 Å². The highest BCUT2D eigenvalue weighted by molar-refractivity contribution is 6.13. The number of nitrogens with zero attached hydrogens (tertiary/aromatic N) is 1. The molecule has 0 saturated carbocycles. The lowest BCUT2D eigenvalue weighted by Gasteiger charge is -2.50. The summed E-state index contributed by atoms with van der Waals surface area (Å²) >= 11 is 0. The zero-order chi connectivity index (χ0) is 30.3. The number of hydrogen-bond acceptors (Lipinski definition) is 17. The average Bonchev–Trinajstić information content (AvgIpc) is 3.20. The largest absolute Gasteiger partial charge is 0.394 e. The molecule has 0 aliphatic carbocycles. The lowest BCUT2D eigenvalue weighted by molar-refractivity contribution is -0.355. The van der Waals surface area contributed by atoms with E-state index in [1.807, 2.05) is 0 Å². The average molecular weight is 596 g/mol. The second kappa shape index (κ2) is 12.9. The van der Waals surface area contributed by atoms with Crippen LogP contribution in [0.25, 0.3) is 0 Å². The highest BCUT2D eigenvalue weighted by Crippen LogP contribution is 2.36. The van der Waals surface area contributed by atoms with E-state index in [9.17, 15) is 50.4 Å². The number of nitrogens with two attached hydrogens (primary N) is 2. The molecule has 0 spiro atoms. The van der Waals surface area contributed by atoms with E-state index in [1.165, 1.54) is 0 Å². The molecule has 41 heavy (non-hydrogen) atoms. The van der Waals surface area contributed by atoms with Crippen LogP contribution in [0.4, 0.5) is 0 Å². The number of rotatable bonds is 8. The molecule has 0 aromatic carbocycles. The van der Waals surface area contributed by atoms with Gasteiger partial charge >= 0.3 is 0 Å².